The summed E-state index contributed by atoms with van der Waals surface area (Å²) in [7, 11) is -3.39. The van der Waals surface area contributed by atoms with E-state index >= 15 is 0 Å². The van der Waals surface area contributed by atoms with Gasteiger partial charge in [0.05, 0.1) is 4.90 Å². The van der Waals surface area contributed by atoms with Gasteiger partial charge in [0, 0.05) is 12.6 Å². The minimum atomic E-state index is -3.39. The fourth-order valence-corrected chi connectivity index (χ4v) is 3.77. The maximum absolute atomic E-state index is 12.2. The second-order valence-electron chi connectivity index (χ2n) is 4.98. The smallest absolute Gasteiger partial charge is 0.240 e. The van der Waals surface area contributed by atoms with Crippen LogP contribution in [0.5, 0.6) is 0 Å². The summed E-state index contributed by atoms with van der Waals surface area (Å²) in [6.45, 7) is 2.52. The summed E-state index contributed by atoms with van der Waals surface area (Å²) in [5.41, 5.74) is 6.43. The summed E-state index contributed by atoms with van der Waals surface area (Å²) in [6.07, 6.45) is 3.13. The van der Waals surface area contributed by atoms with E-state index in [4.69, 9.17) is 5.73 Å². The van der Waals surface area contributed by atoms with Gasteiger partial charge in [-0.05, 0) is 36.5 Å². The van der Waals surface area contributed by atoms with Crippen LogP contribution in [0, 0.1) is 5.92 Å². The number of sulfonamides is 1. The van der Waals surface area contributed by atoms with Crippen molar-refractivity contribution in [3.8, 4) is 0 Å². The molecule has 2 rings (SSSR count). The van der Waals surface area contributed by atoms with Gasteiger partial charge in [-0.25, -0.2) is 13.1 Å². The lowest BCUT2D eigenvalue weighted by Crippen LogP contribution is -2.36. The molecule has 1 aliphatic rings. The van der Waals surface area contributed by atoms with Crippen LogP contribution in [0.2, 0.25) is 0 Å². The van der Waals surface area contributed by atoms with E-state index in [0.29, 0.717) is 17.4 Å². The summed E-state index contributed by atoms with van der Waals surface area (Å²) in [5.74, 6) is 0.420. The molecule has 4 nitrogen and oxygen atoms in total. The summed E-state index contributed by atoms with van der Waals surface area (Å²) in [4.78, 5) is 0.318. The van der Waals surface area contributed by atoms with Crippen LogP contribution < -0.4 is 10.5 Å². The van der Waals surface area contributed by atoms with Crippen LogP contribution in [-0.4, -0.2) is 14.5 Å². The highest BCUT2D eigenvalue weighted by molar-refractivity contribution is 7.89. The average molecular weight is 268 g/mol. The lowest BCUT2D eigenvalue weighted by Gasteiger charge is -2.17. The predicted octanol–water partition coefficient (Wildman–Crippen LogP) is 1.61. The number of rotatable bonds is 4. The highest BCUT2D eigenvalue weighted by Crippen LogP contribution is 2.26. The zero-order valence-electron chi connectivity index (χ0n) is 10.6. The Morgan fingerprint density at radius 2 is 1.94 bits per heavy atom. The van der Waals surface area contributed by atoms with Crippen LogP contribution in [0.15, 0.2) is 29.2 Å². The molecule has 0 bridgehead atoms. The first-order valence-electron chi connectivity index (χ1n) is 6.34. The Hall–Kier alpha value is -0.910. The quantitative estimate of drug-likeness (QED) is 0.871. The number of hydrogen-bond donors (Lipinski definition) is 2. The van der Waals surface area contributed by atoms with Crippen molar-refractivity contribution in [1.29, 1.82) is 0 Å². The monoisotopic (exact) mass is 268 g/mol. The molecule has 0 spiro atoms. The van der Waals surface area contributed by atoms with Crippen molar-refractivity contribution in [1.82, 2.24) is 4.72 Å². The molecule has 0 amide bonds. The molecule has 0 radical (unpaired) electrons. The molecule has 1 aliphatic carbocycles. The standard InChI is InChI=1S/C13H20N2O2S/c1-10-3-2-4-13(10)15-18(16,17)12-7-5-11(9-14)6-8-12/h5-8,10,13,15H,2-4,9,14H2,1H3. The molecule has 1 saturated carbocycles. The lowest BCUT2D eigenvalue weighted by molar-refractivity contribution is 0.476. The van der Waals surface area contributed by atoms with Gasteiger partial charge < -0.3 is 5.73 Å². The summed E-state index contributed by atoms with van der Waals surface area (Å²) < 4.78 is 27.2. The van der Waals surface area contributed by atoms with Crippen LogP contribution in [0.3, 0.4) is 0 Å². The first kappa shape index (κ1) is 13.5. The van der Waals surface area contributed by atoms with E-state index in [1.165, 1.54) is 0 Å². The van der Waals surface area contributed by atoms with Gasteiger partial charge in [-0.1, -0.05) is 25.5 Å². The molecule has 2 atom stereocenters. The molecule has 18 heavy (non-hydrogen) atoms. The first-order valence-corrected chi connectivity index (χ1v) is 7.82. The van der Waals surface area contributed by atoms with Crippen LogP contribution in [0.1, 0.15) is 31.7 Å². The fourth-order valence-electron chi connectivity index (χ4n) is 2.39. The zero-order chi connectivity index (χ0) is 13.2. The second kappa shape index (κ2) is 5.38. The fraction of sp³-hybridized carbons (Fsp3) is 0.538. The van der Waals surface area contributed by atoms with Crippen LogP contribution in [-0.2, 0) is 16.6 Å². The first-order chi connectivity index (χ1) is 8.53. The Morgan fingerprint density at radius 1 is 1.28 bits per heavy atom. The lowest BCUT2D eigenvalue weighted by atomic mass is 10.1. The van der Waals surface area contributed by atoms with E-state index in [-0.39, 0.29) is 6.04 Å². The Bertz CT molecular complexity index is 496. The van der Waals surface area contributed by atoms with E-state index < -0.39 is 10.0 Å². The van der Waals surface area contributed by atoms with E-state index in [0.717, 1.165) is 24.8 Å². The summed E-state index contributed by atoms with van der Waals surface area (Å²) >= 11 is 0. The molecule has 0 saturated heterocycles. The number of nitrogens with two attached hydrogens (primary N) is 1. The molecule has 0 heterocycles. The van der Waals surface area contributed by atoms with E-state index in [9.17, 15) is 8.42 Å². The van der Waals surface area contributed by atoms with Crippen LogP contribution in [0.25, 0.3) is 0 Å². The van der Waals surface area contributed by atoms with Gasteiger partial charge in [-0.3, -0.25) is 0 Å². The SMILES string of the molecule is CC1CCCC1NS(=O)(=O)c1ccc(CN)cc1. The van der Waals surface area contributed by atoms with Gasteiger partial charge in [0.25, 0.3) is 0 Å². The van der Waals surface area contributed by atoms with Crippen LogP contribution in [0.4, 0.5) is 0 Å². The highest BCUT2D eigenvalue weighted by atomic mass is 32.2. The molecule has 3 N–H and O–H groups in total. The average Bonchev–Trinajstić information content (AvgIpc) is 2.74. The second-order valence-corrected chi connectivity index (χ2v) is 6.70. The predicted molar refractivity (Wildman–Crippen MR) is 71.5 cm³/mol. The van der Waals surface area contributed by atoms with Gasteiger partial charge >= 0.3 is 0 Å². The maximum Gasteiger partial charge on any atom is 0.240 e. The third kappa shape index (κ3) is 2.91. The van der Waals surface area contributed by atoms with Crippen molar-refractivity contribution in [3.63, 3.8) is 0 Å². The van der Waals surface area contributed by atoms with Crippen molar-refractivity contribution in [3.05, 3.63) is 29.8 Å². The van der Waals surface area contributed by atoms with Crippen molar-refractivity contribution < 1.29 is 8.42 Å². The molecule has 1 fully saturated rings. The largest absolute Gasteiger partial charge is 0.326 e. The minimum Gasteiger partial charge on any atom is -0.326 e. The van der Waals surface area contributed by atoms with Crippen LogP contribution >= 0.6 is 0 Å². The number of benzene rings is 1. The Kier molecular flexibility index (Phi) is 4.04. The minimum absolute atomic E-state index is 0.0733. The third-order valence-electron chi connectivity index (χ3n) is 3.64. The van der Waals surface area contributed by atoms with Gasteiger partial charge in [0.15, 0.2) is 0 Å². The normalized spacial score (nSPS) is 24.3. The Morgan fingerprint density at radius 3 is 2.44 bits per heavy atom. The highest BCUT2D eigenvalue weighted by Gasteiger charge is 2.28. The van der Waals surface area contributed by atoms with E-state index in [1.807, 2.05) is 0 Å². The van der Waals surface area contributed by atoms with Crippen molar-refractivity contribution >= 4 is 10.0 Å². The van der Waals surface area contributed by atoms with E-state index in [2.05, 4.69) is 11.6 Å². The third-order valence-corrected chi connectivity index (χ3v) is 5.14. The van der Waals surface area contributed by atoms with Gasteiger partial charge in [0.2, 0.25) is 10.0 Å². The zero-order valence-corrected chi connectivity index (χ0v) is 11.4. The molecular formula is C13H20N2O2S. The molecule has 1 aromatic carbocycles. The van der Waals surface area contributed by atoms with E-state index in [1.54, 1.807) is 24.3 Å². The molecular weight excluding hydrogens is 248 g/mol. The summed E-state index contributed by atoms with van der Waals surface area (Å²) in [5, 5.41) is 0. The number of nitrogens with one attached hydrogen (secondary N) is 1. The maximum atomic E-state index is 12.2. The van der Waals surface area contributed by atoms with Crippen molar-refractivity contribution in [2.24, 2.45) is 11.7 Å². The molecule has 2 unspecified atom stereocenters. The number of hydrogen-bond acceptors (Lipinski definition) is 3. The molecule has 100 valence electrons. The molecule has 0 aliphatic heterocycles. The Balaban J connectivity index is 2.14. The van der Waals surface area contributed by atoms with Gasteiger partial charge in [-0.15, -0.1) is 0 Å². The Labute approximate surface area is 109 Å². The van der Waals surface area contributed by atoms with Gasteiger partial charge in [0.1, 0.15) is 0 Å². The van der Waals surface area contributed by atoms with Crippen molar-refractivity contribution in [2.45, 2.75) is 43.7 Å². The van der Waals surface area contributed by atoms with Crippen molar-refractivity contribution in [2.75, 3.05) is 0 Å². The molecule has 0 aromatic heterocycles. The summed E-state index contributed by atoms with van der Waals surface area (Å²) in [6, 6.07) is 6.82. The topological polar surface area (TPSA) is 72.2 Å². The van der Waals surface area contributed by atoms with Gasteiger partial charge in [-0.2, -0.15) is 0 Å². The molecule has 1 aromatic rings. The molecule has 5 heteroatoms.